The molecule has 0 atom stereocenters. The summed E-state index contributed by atoms with van der Waals surface area (Å²) in [6.45, 7) is 2.28. The SMILES string of the molecule is CCOc1cc(/C=C(/C#N)c2nc3ccccc3c(=O)[nH]2)cc(Cl)c1OC. The summed E-state index contributed by atoms with van der Waals surface area (Å²) in [5, 5.41) is 10.4. The number of fused-ring (bicyclic) bond motifs is 1. The summed E-state index contributed by atoms with van der Waals surface area (Å²) in [6, 6.07) is 12.4. The van der Waals surface area contributed by atoms with Gasteiger partial charge in [0.15, 0.2) is 17.3 Å². The number of ether oxygens (including phenoxy) is 2. The second kappa shape index (κ2) is 7.94. The number of hydrogen-bond donors (Lipinski definition) is 1. The predicted molar refractivity (Wildman–Crippen MR) is 105 cm³/mol. The van der Waals surface area contributed by atoms with Crippen LogP contribution < -0.4 is 15.0 Å². The molecule has 0 aliphatic rings. The smallest absolute Gasteiger partial charge is 0.259 e. The Hall–Kier alpha value is -3.30. The fraction of sp³-hybridized carbons (Fsp3) is 0.150. The number of nitriles is 1. The molecule has 0 saturated heterocycles. The van der Waals surface area contributed by atoms with Crippen molar-refractivity contribution in [3.8, 4) is 17.6 Å². The Labute approximate surface area is 160 Å². The van der Waals surface area contributed by atoms with Crippen molar-refractivity contribution in [3.05, 3.63) is 63.2 Å². The van der Waals surface area contributed by atoms with Crippen LogP contribution in [0.15, 0.2) is 41.2 Å². The van der Waals surface area contributed by atoms with Gasteiger partial charge >= 0.3 is 0 Å². The zero-order chi connectivity index (χ0) is 19.4. The van der Waals surface area contributed by atoms with Crippen LogP contribution in [0.1, 0.15) is 18.3 Å². The molecule has 1 heterocycles. The van der Waals surface area contributed by atoms with Crippen LogP contribution in [0.3, 0.4) is 0 Å². The number of nitrogens with one attached hydrogen (secondary N) is 1. The molecule has 0 aliphatic heterocycles. The van der Waals surface area contributed by atoms with E-state index in [1.54, 1.807) is 42.5 Å². The second-order valence-electron chi connectivity index (χ2n) is 5.57. The van der Waals surface area contributed by atoms with E-state index < -0.39 is 0 Å². The molecule has 6 nitrogen and oxygen atoms in total. The first kappa shape index (κ1) is 18.5. The number of allylic oxidation sites excluding steroid dienone is 1. The van der Waals surface area contributed by atoms with Crippen molar-refractivity contribution >= 4 is 34.2 Å². The van der Waals surface area contributed by atoms with Gasteiger partial charge in [0.25, 0.3) is 5.56 Å². The highest BCUT2D eigenvalue weighted by molar-refractivity contribution is 6.32. The number of hydrogen-bond acceptors (Lipinski definition) is 5. The lowest BCUT2D eigenvalue weighted by Crippen LogP contribution is -2.11. The molecular formula is C20H16ClN3O3. The molecule has 0 spiro atoms. The van der Waals surface area contributed by atoms with Gasteiger partial charge in [-0.3, -0.25) is 4.79 Å². The van der Waals surface area contributed by atoms with E-state index >= 15 is 0 Å². The van der Waals surface area contributed by atoms with E-state index in [1.807, 2.05) is 6.92 Å². The molecule has 1 N–H and O–H groups in total. The van der Waals surface area contributed by atoms with Crippen LogP contribution in [0.2, 0.25) is 5.02 Å². The highest BCUT2D eigenvalue weighted by atomic mass is 35.5. The average molecular weight is 382 g/mol. The number of aromatic nitrogens is 2. The number of benzene rings is 2. The number of aromatic amines is 1. The minimum atomic E-state index is -0.306. The lowest BCUT2D eigenvalue weighted by Gasteiger charge is -2.12. The molecule has 27 heavy (non-hydrogen) atoms. The summed E-state index contributed by atoms with van der Waals surface area (Å²) in [6.07, 6.45) is 1.58. The van der Waals surface area contributed by atoms with Crippen LogP contribution in [0.5, 0.6) is 11.5 Å². The summed E-state index contributed by atoms with van der Waals surface area (Å²) in [7, 11) is 1.50. The maximum absolute atomic E-state index is 12.3. The third kappa shape index (κ3) is 3.78. The lowest BCUT2D eigenvalue weighted by molar-refractivity contribution is 0.311. The molecule has 7 heteroatoms. The molecule has 0 bridgehead atoms. The van der Waals surface area contributed by atoms with E-state index in [0.717, 1.165) is 0 Å². The number of para-hydroxylation sites is 1. The zero-order valence-corrected chi connectivity index (χ0v) is 15.5. The Kier molecular flexibility index (Phi) is 5.43. The van der Waals surface area contributed by atoms with Crippen LogP contribution in [0.4, 0.5) is 0 Å². The van der Waals surface area contributed by atoms with Crippen LogP contribution in [0.25, 0.3) is 22.6 Å². The Morgan fingerprint density at radius 3 is 2.85 bits per heavy atom. The summed E-state index contributed by atoms with van der Waals surface area (Å²) >= 11 is 6.26. The predicted octanol–water partition coefficient (Wildman–Crippen LogP) is 4.05. The van der Waals surface area contributed by atoms with Crippen LogP contribution in [-0.4, -0.2) is 23.7 Å². The standard InChI is InChI=1S/C20H16ClN3O3/c1-3-27-17-10-12(9-15(21)18(17)26-2)8-13(11-22)19-23-16-7-5-4-6-14(16)20(25)24-19/h4-10H,3H2,1-2H3,(H,23,24,25)/b13-8-. The molecule has 0 radical (unpaired) electrons. The van der Waals surface area contributed by atoms with E-state index in [-0.39, 0.29) is 17.0 Å². The molecule has 2 aromatic carbocycles. The normalized spacial score (nSPS) is 11.3. The zero-order valence-electron chi connectivity index (χ0n) is 14.7. The first-order valence-electron chi connectivity index (χ1n) is 8.19. The Morgan fingerprint density at radius 2 is 2.15 bits per heavy atom. The van der Waals surface area contributed by atoms with Crippen molar-refractivity contribution < 1.29 is 9.47 Å². The summed E-state index contributed by atoms with van der Waals surface area (Å²) in [5.41, 5.74) is 1.03. The van der Waals surface area contributed by atoms with E-state index in [9.17, 15) is 10.1 Å². The molecular weight excluding hydrogens is 366 g/mol. The van der Waals surface area contributed by atoms with Gasteiger partial charge in [0, 0.05) is 0 Å². The van der Waals surface area contributed by atoms with E-state index in [4.69, 9.17) is 21.1 Å². The highest BCUT2D eigenvalue weighted by Gasteiger charge is 2.13. The van der Waals surface area contributed by atoms with Gasteiger partial charge in [-0.2, -0.15) is 5.26 Å². The largest absolute Gasteiger partial charge is 0.491 e. The van der Waals surface area contributed by atoms with Crippen molar-refractivity contribution in [2.24, 2.45) is 0 Å². The minimum Gasteiger partial charge on any atom is -0.491 e. The van der Waals surface area contributed by atoms with Crippen molar-refractivity contribution in [1.29, 1.82) is 5.26 Å². The fourth-order valence-electron chi connectivity index (χ4n) is 2.67. The van der Waals surface area contributed by atoms with Gasteiger partial charge in [-0.05, 0) is 42.8 Å². The summed E-state index contributed by atoms with van der Waals surface area (Å²) < 4.78 is 10.8. The molecule has 0 unspecified atom stereocenters. The third-order valence-electron chi connectivity index (χ3n) is 3.84. The average Bonchev–Trinajstić information content (AvgIpc) is 2.66. The second-order valence-corrected chi connectivity index (χ2v) is 5.98. The highest BCUT2D eigenvalue weighted by Crippen LogP contribution is 2.37. The molecule has 0 saturated carbocycles. The maximum Gasteiger partial charge on any atom is 0.259 e. The maximum atomic E-state index is 12.3. The fourth-order valence-corrected chi connectivity index (χ4v) is 2.96. The quantitative estimate of drug-likeness (QED) is 0.673. The molecule has 136 valence electrons. The Balaban J connectivity index is 2.13. The number of rotatable bonds is 5. The molecule has 3 rings (SSSR count). The van der Waals surface area contributed by atoms with Gasteiger partial charge in [-0.25, -0.2) is 4.98 Å². The Morgan fingerprint density at radius 1 is 1.37 bits per heavy atom. The molecule has 0 fully saturated rings. The van der Waals surface area contributed by atoms with Crippen molar-refractivity contribution in [2.45, 2.75) is 6.92 Å². The van der Waals surface area contributed by atoms with Gasteiger partial charge in [0.05, 0.1) is 35.2 Å². The first-order chi connectivity index (χ1) is 13.1. The summed E-state index contributed by atoms with van der Waals surface area (Å²) in [4.78, 5) is 19.3. The molecule has 0 amide bonds. The minimum absolute atomic E-state index is 0.186. The molecule has 3 aromatic rings. The van der Waals surface area contributed by atoms with Crippen LogP contribution >= 0.6 is 11.6 Å². The number of methoxy groups -OCH3 is 1. The topological polar surface area (TPSA) is 88.0 Å². The van der Waals surface area contributed by atoms with Gasteiger partial charge in [-0.1, -0.05) is 23.7 Å². The van der Waals surface area contributed by atoms with Crippen molar-refractivity contribution in [1.82, 2.24) is 9.97 Å². The van der Waals surface area contributed by atoms with Crippen molar-refractivity contribution in [2.75, 3.05) is 13.7 Å². The number of H-pyrrole nitrogens is 1. The van der Waals surface area contributed by atoms with Crippen LogP contribution in [-0.2, 0) is 0 Å². The third-order valence-corrected chi connectivity index (χ3v) is 4.12. The monoisotopic (exact) mass is 381 g/mol. The van der Waals surface area contributed by atoms with Crippen LogP contribution in [0, 0.1) is 11.3 Å². The number of nitrogens with zero attached hydrogens (tertiary/aromatic N) is 2. The lowest BCUT2D eigenvalue weighted by atomic mass is 10.1. The van der Waals surface area contributed by atoms with E-state index in [2.05, 4.69) is 16.0 Å². The van der Waals surface area contributed by atoms with Crippen molar-refractivity contribution in [3.63, 3.8) is 0 Å². The first-order valence-corrected chi connectivity index (χ1v) is 8.56. The van der Waals surface area contributed by atoms with E-state index in [1.165, 1.54) is 7.11 Å². The molecule has 0 aliphatic carbocycles. The van der Waals surface area contributed by atoms with Gasteiger partial charge in [0.2, 0.25) is 0 Å². The summed E-state index contributed by atoms with van der Waals surface area (Å²) in [5.74, 6) is 1.08. The van der Waals surface area contributed by atoms with Gasteiger partial charge in [0.1, 0.15) is 6.07 Å². The van der Waals surface area contributed by atoms with Gasteiger partial charge in [-0.15, -0.1) is 0 Å². The van der Waals surface area contributed by atoms with Gasteiger partial charge < -0.3 is 14.5 Å². The Bertz CT molecular complexity index is 1130. The number of halogens is 1. The van der Waals surface area contributed by atoms with E-state index in [0.29, 0.717) is 39.6 Å². The molecule has 1 aromatic heterocycles.